The van der Waals surface area contributed by atoms with Gasteiger partial charge in [0.15, 0.2) is 6.10 Å². The van der Waals surface area contributed by atoms with Gasteiger partial charge in [0.05, 0.1) is 31.2 Å². The Morgan fingerprint density at radius 2 is 1.86 bits per heavy atom. The number of rotatable bonds is 6. The topological polar surface area (TPSA) is 95.8 Å². The van der Waals surface area contributed by atoms with Gasteiger partial charge in [0, 0.05) is 32.2 Å². The molecule has 0 saturated carbocycles. The van der Waals surface area contributed by atoms with Crippen LogP contribution in [0.4, 0.5) is 10.1 Å². The van der Waals surface area contributed by atoms with Crippen molar-refractivity contribution in [3.05, 3.63) is 71.8 Å². The summed E-state index contributed by atoms with van der Waals surface area (Å²) in [6, 6.07) is 13.7. The fourth-order valence-electron chi connectivity index (χ4n) is 3.75. The normalized spacial score (nSPS) is 13.9. The first-order valence-corrected chi connectivity index (χ1v) is 12.2. The molecule has 2 heterocycles. The minimum Gasteiger partial charge on any atom is -0.474 e. The van der Waals surface area contributed by atoms with E-state index in [0.717, 1.165) is 0 Å². The van der Waals surface area contributed by atoms with E-state index >= 15 is 0 Å². The second-order valence-corrected chi connectivity index (χ2v) is 8.13. The first kappa shape index (κ1) is 27.0. The van der Waals surface area contributed by atoms with Crippen LogP contribution in [0.15, 0.2) is 54.7 Å². The van der Waals surface area contributed by atoms with E-state index in [9.17, 15) is 14.3 Å². The van der Waals surface area contributed by atoms with Crippen LogP contribution in [0.2, 0.25) is 0 Å². The van der Waals surface area contributed by atoms with Crippen LogP contribution in [-0.2, 0) is 16.1 Å². The summed E-state index contributed by atoms with van der Waals surface area (Å²) in [6.45, 7) is 6.05. The molecule has 4 rings (SSSR count). The summed E-state index contributed by atoms with van der Waals surface area (Å²) >= 11 is 4.93. The van der Waals surface area contributed by atoms with E-state index in [-0.39, 0.29) is 11.1 Å². The summed E-state index contributed by atoms with van der Waals surface area (Å²) in [5.74, 6) is -0.734. The molecule has 2 aromatic carbocycles. The predicted molar refractivity (Wildman–Crippen MR) is 139 cm³/mol. The number of nitrogens with zero attached hydrogens (tertiary/aromatic N) is 5. The first-order valence-electron chi connectivity index (χ1n) is 11.8. The molecule has 1 aromatic heterocycles. The Morgan fingerprint density at radius 1 is 1.17 bits per heavy atom. The molecule has 1 aliphatic rings. The number of thiocarbonyl (C=S) groups is 1. The Hall–Kier alpha value is -3.57. The lowest BCUT2D eigenvalue weighted by Crippen LogP contribution is -2.50. The number of nitrogens with one attached hydrogen (secondary N) is 1. The number of carbonyl (C=O) groups excluding carboxylic acids is 1. The van der Waals surface area contributed by atoms with Crippen LogP contribution in [0.3, 0.4) is 0 Å². The number of benzene rings is 2. The lowest BCUT2D eigenvalue weighted by molar-refractivity contribution is -0.140. The molecule has 2 N–H and O–H groups in total. The van der Waals surface area contributed by atoms with Gasteiger partial charge in [0.25, 0.3) is 11.1 Å². The van der Waals surface area contributed by atoms with Crippen molar-refractivity contribution in [3.8, 4) is 5.69 Å². The molecule has 1 unspecified atom stereocenters. The third kappa shape index (κ3) is 6.55. The summed E-state index contributed by atoms with van der Waals surface area (Å²) in [5, 5.41) is 21.6. The maximum Gasteiger partial charge on any atom is 0.256 e. The van der Waals surface area contributed by atoms with Crippen molar-refractivity contribution >= 4 is 29.0 Å². The van der Waals surface area contributed by atoms with Gasteiger partial charge in [-0.3, -0.25) is 4.79 Å². The Kier molecular flexibility index (Phi) is 9.71. The Labute approximate surface area is 215 Å². The number of anilines is 1. The monoisotopic (exact) mass is 514 g/mol. The predicted octanol–water partition coefficient (Wildman–Crippen LogP) is 2.84. The standard InChI is InChI=1S/C23H25FN6O3S.C2H6/c1-33-23(34)25-14-17-15-30(27-26-17)18-7-8-20(19(24)13-18)28-9-11-29(12-10-28)22(32)21(31)16-5-3-2-4-6-16;1-2/h2-8,13,15,21,31H,9-12,14H2,1H3,(H,25,34);1-2H3. The molecule has 1 amide bonds. The number of aliphatic hydroxyl groups is 1. The van der Waals surface area contributed by atoms with E-state index in [1.54, 1.807) is 47.5 Å². The number of piperazine rings is 1. The molecule has 1 atom stereocenters. The second-order valence-electron chi connectivity index (χ2n) is 7.76. The third-order valence-electron chi connectivity index (χ3n) is 5.62. The van der Waals surface area contributed by atoms with Crippen LogP contribution in [-0.4, -0.2) is 69.4 Å². The van der Waals surface area contributed by atoms with Gasteiger partial charge in [-0.1, -0.05) is 49.4 Å². The Balaban J connectivity index is 0.00000176. The summed E-state index contributed by atoms with van der Waals surface area (Å²) < 4.78 is 21.3. The summed E-state index contributed by atoms with van der Waals surface area (Å²) in [6.07, 6.45) is 0.485. The zero-order valence-electron chi connectivity index (χ0n) is 20.6. The van der Waals surface area contributed by atoms with Crippen molar-refractivity contribution in [2.45, 2.75) is 26.5 Å². The number of hydrogen-bond donors (Lipinski definition) is 2. The Bertz CT molecular complexity index is 1150. The maximum absolute atomic E-state index is 15.0. The minimum atomic E-state index is -1.20. The highest BCUT2D eigenvalue weighted by Gasteiger charge is 2.28. The molecule has 0 spiro atoms. The second kappa shape index (κ2) is 12.9. The third-order valence-corrected chi connectivity index (χ3v) is 5.93. The quantitative estimate of drug-likeness (QED) is 0.485. The molecule has 11 heteroatoms. The van der Waals surface area contributed by atoms with Crippen LogP contribution in [0.5, 0.6) is 0 Å². The van der Waals surface area contributed by atoms with Crippen molar-refractivity contribution in [2.24, 2.45) is 0 Å². The fraction of sp³-hybridized carbons (Fsp3) is 0.360. The zero-order chi connectivity index (χ0) is 26.1. The molecular weight excluding hydrogens is 483 g/mol. The molecule has 0 radical (unpaired) electrons. The van der Waals surface area contributed by atoms with Gasteiger partial charge in [-0.2, -0.15) is 0 Å². The zero-order valence-corrected chi connectivity index (χ0v) is 21.4. The SMILES string of the molecule is CC.COC(=S)NCc1cn(-c2ccc(N3CCN(C(=O)C(O)c4ccccc4)CC3)c(F)c2)nn1. The lowest BCUT2D eigenvalue weighted by atomic mass is 10.1. The first-order chi connectivity index (χ1) is 17.5. The molecule has 192 valence electrons. The van der Waals surface area contributed by atoms with Crippen LogP contribution in [0.25, 0.3) is 5.69 Å². The van der Waals surface area contributed by atoms with Crippen molar-refractivity contribution < 1.29 is 19.0 Å². The molecule has 0 bridgehead atoms. The molecule has 1 aliphatic heterocycles. The van der Waals surface area contributed by atoms with Crippen LogP contribution >= 0.6 is 12.2 Å². The number of carbonyl (C=O) groups is 1. The number of methoxy groups -OCH3 is 1. The van der Waals surface area contributed by atoms with Gasteiger partial charge in [-0.15, -0.1) is 5.10 Å². The van der Waals surface area contributed by atoms with E-state index in [1.165, 1.54) is 17.9 Å². The van der Waals surface area contributed by atoms with Crippen molar-refractivity contribution in [2.75, 3.05) is 38.2 Å². The molecule has 9 nitrogen and oxygen atoms in total. The molecule has 36 heavy (non-hydrogen) atoms. The average Bonchev–Trinajstić information content (AvgIpc) is 3.42. The number of amides is 1. The van der Waals surface area contributed by atoms with Gasteiger partial charge in [0.2, 0.25) is 0 Å². The van der Waals surface area contributed by atoms with Crippen molar-refractivity contribution in [1.29, 1.82) is 0 Å². The van der Waals surface area contributed by atoms with E-state index < -0.39 is 11.9 Å². The molecular formula is C25H31FN6O3S. The molecule has 1 fully saturated rings. The highest BCUT2D eigenvalue weighted by atomic mass is 32.1. The van der Waals surface area contributed by atoms with Gasteiger partial charge in [-0.25, -0.2) is 9.07 Å². The van der Waals surface area contributed by atoms with Gasteiger partial charge < -0.3 is 25.0 Å². The van der Waals surface area contributed by atoms with E-state index in [1.807, 2.05) is 24.8 Å². The number of aromatic nitrogens is 3. The molecule has 3 aromatic rings. The van der Waals surface area contributed by atoms with Crippen LogP contribution < -0.4 is 10.2 Å². The highest BCUT2D eigenvalue weighted by Crippen LogP contribution is 2.24. The van der Waals surface area contributed by atoms with Crippen molar-refractivity contribution in [3.63, 3.8) is 0 Å². The van der Waals surface area contributed by atoms with Crippen LogP contribution in [0, 0.1) is 5.82 Å². The minimum absolute atomic E-state index is 0.251. The summed E-state index contributed by atoms with van der Waals surface area (Å²) in [4.78, 5) is 16.2. The highest BCUT2D eigenvalue weighted by molar-refractivity contribution is 7.80. The number of hydrogen-bond acceptors (Lipinski definition) is 7. The largest absolute Gasteiger partial charge is 0.474 e. The van der Waals surface area contributed by atoms with Gasteiger partial charge in [0.1, 0.15) is 11.5 Å². The van der Waals surface area contributed by atoms with Gasteiger partial charge in [-0.05, 0) is 29.9 Å². The van der Waals surface area contributed by atoms with E-state index in [0.29, 0.717) is 55.4 Å². The lowest BCUT2D eigenvalue weighted by Gasteiger charge is -2.37. The maximum atomic E-state index is 15.0. The number of halogens is 1. The smallest absolute Gasteiger partial charge is 0.256 e. The molecule has 0 aliphatic carbocycles. The average molecular weight is 515 g/mol. The number of ether oxygens (including phenoxy) is 1. The van der Waals surface area contributed by atoms with Gasteiger partial charge >= 0.3 is 0 Å². The van der Waals surface area contributed by atoms with E-state index in [2.05, 4.69) is 15.6 Å². The Morgan fingerprint density at radius 3 is 2.50 bits per heavy atom. The van der Waals surface area contributed by atoms with E-state index in [4.69, 9.17) is 17.0 Å². The summed E-state index contributed by atoms with van der Waals surface area (Å²) in [5.41, 5.74) is 2.17. The molecule has 1 saturated heterocycles. The van der Waals surface area contributed by atoms with Crippen LogP contribution in [0.1, 0.15) is 31.2 Å². The van der Waals surface area contributed by atoms with Crippen molar-refractivity contribution in [1.82, 2.24) is 25.2 Å². The summed E-state index contributed by atoms with van der Waals surface area (Å²) in [7, 11) is 1.47. The number of aliphatic hydroxyl groups excluding tert-OH is 1. The fourth-order valence-corrected chi connectivity index (χ4v) is 3.83.